The standard InChI is InChI=1S/C15H27F3O2/c16-15(17,18)10-6-3-1-2-4-7-11-19-13-14-9-5-8-12-20-14/h14H,1-13H2. The maximum absolute atomic E-state index is 11.9. The third-order valence-electron chi connectivity index (χ3n) is 3.58. The Morgan fingerprint density at radius 2 is 1.65 bits per heavy atom. The first kappa shape index (κ1) is 17.8. The van der Waals surface area contributed by atoms with E-state index in [-0.39, 0.29) is 12.5 Å². The van der Waals surface area contributed by atoms with Crippen molar-refractivity contribution >= 4 is 0 Å². The SMILES string of the molecule is FC(F)(F)CCCCCCCCOCC1CCCCO1. The van der Waals surface area contributed by atoms with Crippen LogP contribution >= 0.6 is 0 Å². The van der Waals surface area contributed by atoms with E-state index in [1.54, 1.807) is 0 Å². The Morgan fingerprint density at radius 1 is 0.950 bits per heavy atom. The van der Waals surface area contributed by atoms with Crippen LogP contribution in [-0.2, 0) is 9.47 Å². The maximum atomic E-state index is 11.9. The molecule has 0 radical (unpaired) electrons. The number of hydrogen-bond acceptors (Lipinski definition) is 2. The number of unbranched alkanes of at least 4 members (excludes halogenated alkanes) is 5. The van der Waals surface area contributed by atoms with Crippen molar-refractivity contribution in [2.45, 2.75) is 76.5 Å². The molecule has 1 fully saturated rings. The second kappa shape index (κ2) is 10.4. The molecule has 0 aromatic heterocycles. The number of alkyl halides is 3. The minimum absolute atomic E-state index is 0.263. The Labute approximate surface area is 120 Å². The Hall–Kier alpha value is -0.290. The van der Waals surface area contributed by atoms with Gasteiger partial charge in [-0.15, -0.1) is 0 Å². The summed E-state index contributed by atoms with van der Waals surface area (Å²) in [5, 5.41) is 0. The topological polar surface area (TPSA) is 18.5 Å². The lowest BCUT2D eigenvalue weighted by Crippen LogP contribution is -2.24. The molecule has 1 heterocycles. The van der Waals surface area contributed by atoms with Crippen molar-refractivity contribution in [1.29, 1.82) is 0 Å². The molecule has 1 aliphatic heterocycles. The normalized spacial score (nSPS) is 20.2. The van der Waals surface area contributed by atoms with Gasteiger partial charge in [0.2, 0.25) is 0 Å². The van der Waals surface area contributed by atoms with Gasteiger partial charge in [0, 0.05) is 19.6 Å². The van der Waals surface area contributed by atoms with E-state index in [2.05, 4.69) is 0 Å². The lowest BCUT2D eigenvalue weighted by molar-refractivity contribution is -0.135. The predicted octanol–water partition coefficient (Wildman–Crippen LogP) is 4.87. The van der Waals surface area contributed by atoms with E-state index in [4.69, 9.17) is 9.47 Å². The fourth-order valence-corrected chi connectivity index (χ4v) is 2.39. The highest BCUT2D eigenvalue weighted by atomic mass is 19.4. The molecule has 5 heteroatoms. The van der Waals surface area contributed by atoms with Crippen LogP contribution in [-0.4, -0.2) is 32.1 Å². The van der Waals surface area contributed by atoms with Crippen LogP contribution in [0.3, 0.4) is 0 Å². The molecule has 20 heavy (non-hydrogen) atoms. The Bertz CT molecular complexity index is 226. The quantitative estimate of drug-likeness (QED) is 0.536. The Morgan fingerprint density at radius 3 is 2.30 bits per heavy atom. The summed E-state index contributed by atoms with van der Waals surface area (Å²) in [6.45, 7) is 2.28. The van der Waals surface area contributed by atoms with Crippen LogP contribution in [0.25, 0.3) is 0 Å². The second-order valence-electron chi connectivity index (χ2n) is 5.55. The molecule has 1 saturated heterocycles. The molecule has 0 N–H and O–H groups in total. The van der Waals surface area contributed by atoms with Gasteiger partial charge in [0.25, 0.3) is 0 Å². The first-order valence-corrected chi connectivity index (χ1v) is 7.84. The van der Waals surface area contributed by atoms with Gasteiger partial charge in [-0.1, -0.05) is 25.7 Å². The molecule has 0 aromatic carbocycles. The smallest absolute Gasteiger partial charge is 0.379 e. The number of ether oxygens (including phenoxy) is 2. The zero-order valence-corrected chi connectivity index (χ0v) is 12.2. The first-order chi connectivity index (χ1) is 9.58. The van der Waals surface area contributed by atoms with Gasteiger partial charge in [0.15, 0.2) is 0 Å². The van der Waals surface area contributed by atoms with Crippen LogP contribution in [0, 0.1) is 0 Å². The molecule has 1 rings (SSSR count). The van der Waals surface area contributed by atoms with Crippen molar-refractivity contribution < 1.29 is 22.6 Å². The molecule has 0 spiro atoms. The Kier molecular flexibility index (Phi) is 9.27. The second-order valence-corrected chi connectivity index (χ2v) is 5.55. The molecule has 0 aromatic rings. The Balaban J connectivity index is 1.76. The van der Waals surface area contributed by atoms with Gasteiger partial charge in [-0.3, -0.25) is 0 Å². The van der Waals surface area contributed by atoms with Gasteiger partial charge in [0.1, 0.15) is 0 Å². The summed E-state index contributed by atoms with van der Waals surface area (Å²) in [6.07, 6.45) is 3.98. The van der Waals surface area contributed by atoms with Crippen molar-refractivity contribution in [1.82, 2.24) is 0 Å². The zero-order valence-electron chi connectivity index (χ0n) is 12.2. The average molecular weight is 296 g/mol. The summed E-state index contributed by atoms with van der Waals surface area (Å²) in [5.41, 5.74) is 0. The van der Waals surface area contributed by atoms with Gasteiger partial charge in [0.05, 0.1) is 12.7 Å². The number of rotatable bonds is 10. The largest absolute Gasteiger partial charge is 0.389 e. The van der Waals surface area contributed by atoms with Gasteiger partial charge in [-0.25, -0.2) is 0 Å². The van der Waals surface area contributed by atoms with Crippen LogP contribution in [0.5, 0.6) is 0 Å². The van der Waals surface area contributed by atoms with E-state index >= 15 is 0 Å². The molecule has 1 aliphatic rings. The van der Waals surface area contributed by atoms with Crippen molar-refractivity contribution in [2.75, 3.05) is 19.8 Å². The van der Waals surface area contributed by atoms with E-state index in [1.807, 2.05) is 0 Å². The van der Waals surface area contributed by atoms with Gasteiger partial charge >= 0.3 is 6.18 Å². The molecule has 0 aliphatic carbocycles. The van der Waals surface area contributed by atoms with E-state index in [0.717, 1.165) is 51.7 Å². The van der Waals surface area contributed by atoms with Crippen LogP contribution in [0.1, 0.15) is 64.2 Å². The molecule has 1 unspecified atom stereocenters. The summed E-state index contributed by atoms with van der Waals surface area (Å²) < 4.78 is 46.8. The van der Waals surface area contributed by atoms with Crippen molar-refractivity contribution in [3.63, 3.8) is 0 Å². The highest BCUT2D eigenvalue weighted by Gasteiger charge is 2.25. The van der Waals surface area contributed by atoms with Gasteiger partial charge in [-0.05, 0) is 32.1 Å². The fraction of sp³-hybridized carbons (Fsp3) is 1.00. The molecular weight excluding hydrogens is 269 g/mol. The summed E-state index contributed by atoms with van der Waals surface area (Å²) in [6, 6.07) is 0. The van der Waals surface area contributed by atoms with E-state index in [1.165, 1.54) is 6.42 Å². The van der Waals surface area contributed by atoms with E-state index in [9.17, 15) is 13.2 Å². The molecular formula is C15H27F3O2. The lowest BCUT2D eigenvalue weighted by atomic mass is 10.1. The predicted molar refractivity (Wildman–Crippen MR) is 72.8 cm³/mol. The summed E-state index contributed by atoms with van der Waals surface area (Å²) in [7, 11) is 0. The number of hydrogen-bond donors (Lipinski definition) is 0. The van der Waals surface area contributed by atoms with Crippen LogP contribution in [0.4, 0.5) is 13.2 Å². The lowest BCUT2D eigenvalue weighted by Gasteiger charge is -2.22. The average Bonchev–Trinajstić information content (AvgIpc) is 2.41. The molecule has 2 nitrogen and oxygen atoms in total. The summed E-state index contributed by atoms with van der Waals surface area (Å²) in [5.74, 6) is 0. The third-order valence-corrected chi connectivity index (χ3v) is 3.58. The number of halogens is 3. The zero-order chi connectivity index (χ0) is 14.7. The van der Waals surface area contributed by atoms with Crippen molar-refractivity contribution in [3.8, 4) is 0 Å². The van der Waals surface area contributed by atoms with E-state index < -0.39 is 12.6 Å². The maximum Gasteiger partial charge on any atom is 0.389 e. The minimum atomic E-state index is -3.99. The summed E-state index contributed by atoms with van der Waals surface area (Å²) >= 11 is 0. The van der Waals surface area contributed by atoms with Crippen molar-refractivity contribution in [2.24, 2.45) is 0 Å². The minimum Gasteiger partial charge on any atom is -0.379 e. The highest BCUT2D eigenvalue weighted by molar-refractivity contribution is 4.62. The molecule has 1 atom stereocenters. The van der Waals surface area contributed by atoms with Crippen molar-refractivity contribution in [3.05, 3.63) is 0 Å². The molecule has 0 saturated carbocycles. The molecule has 120 valence electrons. The first-order valence-electron chi connectivity index (χ1n) is 7.84. The van der Waals surface area contributed by atoms with Gasteiger partial charge < -0.3 is 9.47 Å². The highest BCUT2D eigenvalue weighted by Crippen LogP contribution is 2.23. The van der Waals surface area contributed by atoms with Gasteiger partial charge in [-0.2, -0.15) is 13.2 Å². The van der Waals surface area contributed by atoms with Crippen LogP contribution in [0.2, 0.25) is 0 Å². The molecule has 0 amide bonds. The molecule has 0 bridgehead atoms. The monoisotopic (exact) mass is 296 g/mol. The van der Waals surface area contributed by atoms with Crippen LogP contribution in [0.15, 0.2) is 0 Å². The summed E-state index contributed by atoms with van der Waals surface area (Å²) in [4.78, 5) is 0. The van der Waals surface area contributed by atoms with E-state index in [0.29, 0.717) is 13.0 Å². The fourth-order valence-electron chi connectivity index (χ4n) is 2.39. The van der Waals surface area contributed by atoms with Crippen LogP contribution < -0.4 is 0 Å². The third kappa shape index (κ3) is 10.5.